The molecule has 1 aliphatic heterocycles. The molecule has 1 atom stereocenters. The van der Waals surface area contributed by atoms with E-state index in [2.05, 4.69) is 0 Å². The first-order valence-electron chi connectivity index (χ1n) is 5.46. The summed E-state index contributed by atoms with van der Waals surface area (Å²) in [6.45, 7) is -0.331. The second kappa shape index (κ2) is 4.80. The van der Waals surface area contributed by atoms with Gasteiger partial charge in [-0.05, 0) is 12.1 Å². The Labute approximate surface area is 113 Å². The molecule has 8 nitrogen and oxygen atoms in total. The predicted octanol–water partition coefficient (Wildman–Crippen LogP) is 0.128. The van der Waals surface area contributed by atoms with Crippen molar-refractivity contribution in [1.82, 2.24) is 0 Å². The molecule has 1 aliphatic rings. The van der Waals surface area contributed by atoms with Gasteiger partial charge in [0.05, 0.1) is 4.92 Å². The van der Waals surface area contributed by atoms with Crippen molar-refractivity contribution in [3.63, 3.8) is 0 Å². The van der Waals surface area contributed by atoms with Crippen molar-refractivity contribution >= 4 is 27.3 Å². The van der Waals surface area contributed by atoms with Gasteiger partial charge >= 0.3 is 5.69 Å². The summed E-state index contributed by atoms with van der Waals surface area (Å²) in [5, 5.41) is 14.7. The minimum Gasteiger partial charge on any atom is -0.305 e. The van der Waals surface area contributed by atoms with E-state index >= 15 is 0 Å². The van der Waals surface area contributed by atoms with E-state index < -0.39 is 37.6 Å². The summed E-state index contributed by atoms with van der Waals surface area (Å²) >= 11 is 0. The summed E-state index contributed by atoms with van der Waals surface area (Å²) in [6.07, 6.45) is -0.382. The Bertz CT molecular complexity index is 690. The van der Waals surface area contributed by atoms with Gasteiger partial charge in [0.1, 0.15) is 10.9 Å². The Balaban J connectivity index is 2.46. The molecule has 20 heavy (non-hydrogen) atoms. The van der Waals surface area contributed by atoms with Crippen molar-refractivity contribution in [2.45, 2.75) is 11.7 Å². The number of rotatable bonds is 3. The van der Waals surface area contributed by atoms with E-state index in [9.17, 15) is 27.7 Å². The van der Waals surface area contributed by atoms with E-state index in [1.807, 2.05) is 0 Å². The molecule has 0 spiro atoms. The number of para-hydroxylation sites is 1. The fraction of sp³-hybridized carbons (Fsp3) is 0.300. The van der Waals surface area contributed by atoms with Crippen LogP contribution in [0.15, 0.2) is 18.2 Å². The number of primary sulfonamides is 1. The molecular formula is C10H10FN3O5S. The topological polar surface area (TPSA) is 124 Å². The molecule has 1 aromatic rings. The molecule has 0 aromatic heterocycles. The van der Waals surface area contributed by atoms with Crippen LogP contribution in [0.25, 0.3) is 0 Å². The van der Waals surface area contributed by atoms with Crippen molar-refractivity contribution in [3.8, 4) is 0 Å². The van der Waals surface area contributed by atoms with Crippen LogP contribution in [0.3, 0.4) is 0 Å². The summed E-state index contributed by atoms with van der Waals surface area (Å²) in [6, 6.07) is 3.28. The molecule has 1 heterocycles. The van der Waals surface area contributed by atoms with E-state index in [1.54, 1.807) is 0 Å². The zero-order valence-electron chi connectivity index (χ0n) is 10.0. The van der Waals surface area contributed by atoms with E-state index in [0.29, 0.717) is 0 Å². The Morgan fingerprint density at radius 2 is 2.10 bits per heavy atom. The first-order chi connectivity index (χ1) is 9.21. The zero-order valence-corrected chi connectivity index (χ0v) is 10.8. The number of nitro groups is 1. The molecule has 0 bridgehead atoms. The number of nitrogens with two attached hydrogens (primary N) is 1. The molecule has 2 N–H and O–H groups in total. The number of halogens is 1. The van der Waals surface area contributed by atoms with Crippen LogP contribution in [0.2, 0.25) is 0 Å². The van der Waals surface area contributed by atoms with Crippen LogP contribution in [0, 0.1) is 15.9 Å². The number of nitrogens with zero attached hydrogens (tertiary/aromatic N) is 2. The normalized spacial score (nSPS) is 19.4. The van der Waals surface area contributed by atoms with Crippen LogP contribution in [-0.2, 0) is 14.8 Å². The number of hydrogen-bond donors (Lipinski definition) is 1. The highest BCUT2D eigenvalue weighted by Crippen LogP contribution is 2.34. The summed E-state index contributed by atoms with van der Waals surface area (Å²) in [5.74, 6) is -1.75. The predicted molar refractivity (Wildman–Crippen MR) is 66.9 cm³/mol. The lowest BCUT2D eigenvalue weighted by Gasteiger charge is -2.16. The van der Waals surface area contributed by atoms with Crippen molar-refractivity contribution in [1.29, 1.82) is 0 Å². The van der Waals surface area contributed by atoms with Gasteiger partial charge in [0.15, 0.2) is 0 Å². The Morgan fingerprint density at radius 3 is 2.60 bits per heavy atom. The number of hydrogen-bond acceptors (Lipinski definition) is 5. The molecule has 1 fully saturated rings. The van der Waals surface area contributed by atoms with Crippen molar-refractivity contribution < 1.29 is 22.5 Å². The number of carbonyl (C=O) groups excluding carboxylic acids is 1. The first kappa shape index (κ1) is 14.3. The molecule has 0 aliphatic carbocycles. The summed E-state index contributed by atoms with van der Waals surface area (Å²) in [7, 11) is -3.95. The number of amides is 1. The number of carbonyl (C=O) groups is 1. The SMILES string of the molecule is NS(=O)(=O)C1CC(=O)N(c2cccc(F)c2[N+](=O)[O-])C1. The standard InChI is InChI=1S/C10H10FN3O5S/c11-7-2-1-3-8(10(7)14(16)17)13-5-6(4-9(13)15)20(12,18)19/h1-3,6H,4-5H2,(H2,12,18,19). The number of sulfonamides is 1. The number of nitro benzene ring substituents is 1. The van der Waals surface area contributed by atoms with Gasteiger partial charge in [-0.2, -0.15) is 4.39 Å². The van der Waals surface area contributed by atoms with E-state index in [1.165, 1.54) is 12.1 Å². The fourth-order valence-corrected chi connectivity index (χ4v) is 2.76. The fourth-order valence-electron chi connectivity index (χ4n) is 2.03. The quantitative estimate of drug-likeness (QED) is 0.627. The van der Waals surface area contributed by atoms with E-state index in [-0.39, 0.29) is 18.7 Å². The van der Waals surface area contributed by atoms with E-state index in [4.69, 9.17) is 5.14 Å². The van der Waals surface area contributed by atoms with Gasteiger partial charge in [-0.15, -0.1) is 0 Å². The lowest BCUT2D eigenvalue weighted by Crippen LogP contribution is -2.32. The van der Waals surface area contributed by atoms with Crippen LogP contribution >= 0.6 is 0 Å². The second-order valence-electron chi connectivity index (χ2n) is 4.28. The summed E-state index contributed by atoms with van der Waals surface area (Å²) in [4.78, 5) is 22.6. The number of benzene rings is 1. The Kier molecular flexibility index (Phi) is 3.44. The molecular weight excluding hydrogens is 293 g/mol. The van der Waals surface area contributed by atoms with Gasteiger partial charge in [-0.3, -0.25) is 14.9 Å². The molecule has 1 saturated heterocycles. The van der Waals surface area contributed by atoms with Crippen LogP contribution in [0.5, 0.6) is 0 Å². The minimum absolute atomic E-state index is 0.272. The lowest BCUT2D eigenvalue weighted by atomic mass is 10.2. The average molecular weight is 303 g/mol. The summed E-state index contributed by atoms with van der Waals surface area (Å²) in [5.41, 5.74) is -1.14. The van der Waals surface area contributed by atoms with Gasteiger partial charge in [0.25, 0.3) is 0 Å². The third-order valence-corrected chi connectivity index (χ3v) is 4.24. The second-order valence-corrected chi connectivity index (χ2v) is 6.13. The van der Waals surface area contributed by atoms with Gasteiger partial charge in [-0.1, -0.05) is 6.07 Å². The maximum atomic E-state index is 13.5. The van der Waals surface area contributed by atoms with Gasteiger partial charge in [-0.25, -0.2) is 13.6 Å². The van der Waals surface area contributed by atoms with Crippen LogP contribution in [0.1, 0.15) is 6.42 Å². The van der Waals surface area contributed by atoms with Crippen molar-refractivity contribution in [2.24, 2.45) is 5.14 Å². The molecule has 108 valence electrons. The number of anilines is 1. The average Bonchev–Trinajstić information content (AvgIpc) is 2.70. The van der Waals surface area contributed by atoms with Gasteiger partial charge < -0.3 is 4.90 Å². The van der Waals surface area contributed by atoms with Gasteiger partial charge in [0, 0.05) is 13.0 Å². The molecule has 1 unspecified atom stereocenters. The Morgan fingerprint density at radius 1 is 1.45 bits per heavy atom. The highest BCUT2D eigenvalue weighted by Gasteiger charge is 2.40. The molecule has 10 heteroatoms. The van der Waals surface area contributed by atoms with E-state index in [0.717, 1.165) is 11.0 Å². The van der Waals surface area contributed by atoms with Crippen molar-refractivity contribution in [2.75, 3.05) is 11.4 Å². The monoisotopic (exact) mass is 303 g/mol. The first-order valence-corrected chi connectivity index (χ1v) is 7.07. The third-order valence-electron chi connectivity index (χ3n) is 2.99. The minimum atomic E-state index is -3.95. The molecule has 0 radical (unpaired) electrons. The Hall–Kier alpha value is -2.07. The maximum absolute atomic E-state index is 13.5. The van der Waals surface area contributed by atoms with Crippen LogP contribution in [-0.4, -0.2) is 31.0 Å². The third kappa shape index (κ3) is 2.47. The molecule has 1 amide bonds. The maximum Gasteiger partial charge on any atom is 0.328 e. The van der Waals surface area contributed by atoms with Crippen molar-refractivity contribution in [3.05, 3.63) is 34.1 Å². The molecule has 0 saturated carbocycles. The zero-order chi connectivity index (χ0) is 15.1. The summed E-state index contributed by atoms with van der Waals surface area (Å²) < 4.78 is 36.0. The smallest absolute Gasteiger partial charge is 0.305 e. The highest BCUT2D eigenvalue weighted by molar-refractivity contribution is 7.89. The molecule has 2 rings (SSSR count). The van der Waals surface area contributed by atoms with Gasteiger partial charge in [0.2, 0.25) is 21.7 Å². The lowest BCUT2D eigenvalue weighted by molar-refractivity contribution is -0.386. The largest absolute Gasteiger partial charge is 0.328 e. The van der Waals surface area contributed by atoms with Crippen LogP contribution in [0.4, 0.5) is 15.8 Å². The highest BCUT2D eigenvalue weighted by atomic mass is 32.2. The molecule has 1 aromatic carbocycles. The van der Waals surface area contributed by atoms with Crippen LogP contribution < -0.4 is 10.0 Å².